The monoisotopic (exact) mass is 218 g/mol. The fourth-order valence-corrected chi connectivity index (χ4v) is 2.37. The molecule has 2 unspecified atom stereocenters. The van der Waals surface area contributed by atoms with Gasteiger partial charge in [0, 0.05) is 30.9 Å². The third-order valence-corrected chi connectivity index (χ3v) is 3.48. The Labute approximate surface area is 91.6 Å². The predicted octanol–water partition coefficient (Wildman–Crippen LogP) is 0.658. The number of ether oxygens (including phenoxy) is 1. The van der Waals surface area contributed by atoms with Crippen molar-refractivity contribution < 1.29 is 4.74 Å². The number of hydrogen-bond donors (Lipinski definition) is 1. The van der Waals surface area contributed by atoms with Gasteiger partial charge in [0.15, 0.2) is 0 Å². The second-order valence-electron chi connectivity index (χ2n) is 3.97. The molecule has 1 aliphatic heterocycles. The van der Waals surface area contributed by atoms with Crippen molar-refractivity contribution >= 4 is 11.8 Å². The number of thioether (sulfide) groups is 1. The van der Waals surface area contributed by atoms with Crippen LogP contribution in [0.5, 0.6) is 0 Å². The molecule has 1 saturated heterocycles. The van der Waals surface area contributed by atoms with Crippen molar-refractivity contribution in [2.75, 3.05) is 45.4 Å². The van der Waals surface area contributed by atoms with Gasteiger partial charge in [-0.15, -0.1) is 0 Å². The molecule has 0 radical (unpaired) electrons. The first-order valence-corrected chi connectivity index (χ1v) is 6.63. The van der Waals surface area contributed by atoms with Gasteiger partial charge in [0.25, 0.3) is 0 Å². The zero-order chi connectivity index (χ0) is 10.4. The number of morpholine rings is 1. The largest absolute Gasteiger partial charge is 0.378 e. The van der Waals surface area contributed by atoms with E-state index in [4.69, 9.17) is 4.74 Å². The topological polar surface area (TPSA) is 24.5 Å². The van der Waals surface area contributed by atoms with Crippen LogP contribution in [0.25, 0.3) is 0 Å². The molecule has 0 aromatic carbocycles. The maximum atomic E-state index is 5.43. The Morgan fingerprint density at radius 1 is 1.64 bits per heavy atom. The summed E-state index contributed by atoms with van der Waals surface area (Å²) >= 11 is 1.91. The highest BCUT2D eigenvalue weighted by molar-refractivity contribution is 7.98. The standard InChI is InChI=1S/C10H22N2OS/c1-9(8-14-3)12(2)6-10-7-13-5-4-11-10/h9-11H,4-8H2,1-3H3. The maximum Gasteiger partial charge on any atom is 0.0632 e. The molecule has 1 rings (SSSR count). The van der Waals surface area contributed by atoms with E-state index in [0.717, 1.165) is 26.3 Å². The summed E-state index contributed by atoms with van der Waals surface area (Å²) in [6.07, 6.45) is 2.16. The van der Waals surface area contributed by atoms with Gasteiger partial charge in [0.1, 0.15) is 0 Å². The van der Waals surface area contributed by atoms with Crippen LogP contribution in [0.15, 0.2) is 0 Å². The van der Waals surface area contributed by atoms with Crippen LogP contribution in [0.1, 0.15) is 6.92 Å². The molecule has 2 atom stereocenters. The minimum Gasteiger partial charge on any atom is -0.378 e. The molecule has 1 heterocycles. The quantitative estimate of drug-likeness (QED) is 0.732. The van der Waals surface area contributed by atoms with E-state index in [-0.39, 0.29) is 0 Å². The van der Waals surface area contributed by atoms with Gasteiger partial charge < -0.3 is 15.0 Å². The summed E-state index contributed by atoms with van der Waals surface area (Å²) in [6, 6.07) is 1.16. The summed E-state index contributed by atoms with van der Waals surface area (Å²) in [7, 11) is 2.19. The first-order valence-electron chi connectivity index (χ1n) is 5.24. The van der Waals surface area contributed by atoms with E-state index in [1.54, 1.807) is 0 Å². The van der Waals surface area contributed by atoms with E-state index in [0.29, 0.717) is 12.1 Å². The molecule has 0 saturated carbocycles. The molecule has 4 heteroatoms. The highest BCUT2D eigenvalue weighted by atomic mass is 32.2. The lowest BCUT2D eigenvalue weighted by Crippen LogP contribution is -2.49. The highest BCUT2D eigenvalue weighted by Gasteiger charge is 2.17. The van der Waals surface area contributed by atoms with E-state index in [1.807, 2.05) is 11.8 Å². The molecule has 1 N–H and O–H groups in total. The molecule has 0 bridgehead atoms. The molecule has 0 aliphatic carbocycles. The van der Waals surface area contributed by atoms with Crippen LogP contribution in [-0.4, -0.2) is 62.3 Å². The Morgan fingerprint density at radius 3 is 3.00 bits per heavy atom. The van der Waals surface area contributed by atoms with Crippen molar-refractivity contribution in [2.45, 2.75) is 19.0 Å². The Kier molecular flexibility index (Phi) is 5.86. The van der Waals surface area contributed by atoms with E-state index in [1.165, 1.54) is 5.75 Å². The predicted molar refractivity (Wildman–Crippen MR) is 63.1 cm³/mol. The molecule has 0 spiro atoms. The van der Waals surface area contributed by atoms with Crippen molar-refractivity contribution in [3.63, 3.8) is 0 Å². The molecule has 84 valence electrons. The molecule has 1 fully saturated rings. The fourth-order valence-electron chi connectivity index (χ4n) is 1.63. The normalized spacial score (nSPS) is 25.3. The van der Waals surface area contributed by atoms with Crippen molar-refractivity contribution in [1.82, 2.24) is 10.2 Å². The second-order valence-corrected chi connectivity index (χ2v) is 4.88. The second kappa shape index (κ2) is 6.67. The maximum absolute atomic E-state index is 5.43. The Balaban J connectivity index is 2.20. The third-order valence-electron chi connectivity index (χ3n) is 2.67. The molecule has 1 aliphatic rings. The number of likely N-dealkylation sites (N-methyl/N-ethyl adjacent to an activating group) is 1. The molecule has 0 aromatic heterocycles. The van der Waals surface area contributed by atoms with Gasteiger partial charge in [-0.1, -0.05) is 0 Å². The van der Waals surface area contributed by atoms with Gasteiger partial charge in [-0.05, 0) is 20.2 Å². The first-order chi connectivity index (χ1) is 6.74. The van der Waals surface area contributed by atoms with Gasteiger partial charge in [0.2, 0.25) is 0 Å². The summed E-state index contributed by atoms with van der Waals surface area (Å²) in [5.41, 5.74) is 0. The number of hydrogen-bond acceptors (Lipinski definition) is 4. The Hall–Kier alpha value is 0.230. The zero-order valence-corrected chi connectivity index (χ0v) is 10.3. The minimum atomic E-state index is 0.512. The number of nitrogens with zero attached hydrogens (tertiary/aromatic N) is 1. The van der Waals surface area contributed by atoms with Crippen LogP contribution in [-0.2, 0) is 4.74 Å². The van der Waals surface area contributed by atoms with Crippen LogP contribution in [0.4, 0.5) is 0 Å². The Bertz CT molecular complexity index is 151. The van der Waals surface area contributed by atoms with Gasteiger partial charge in [-0.2, -0.15) is 11.8 Å². The lowest BCUT2D eigenvalue weighted by Gasteiger charge is -2.31. The van der Waals surface area contributed by atoms with E-state index >= 15 is 0 Å². The molecular formula is C10H22N2OS. The van der Waals surface area contributed by atoms with Crippen LogP contribution in [0.3, 0.4) is 0 Å². The third kappa shape index (κ3) is 4.17. The van der Waals surface area contributed by atoms with Crippen LogP contribution in [0, 0.1) is 0 Å². The first kappa shape index (κ1) is 12.3. The summed E-state index contributed by atoms with van der Waals surface area (Å²) < 4.78 is 5.43. The Morgan fingerprint density at radius 2 is 2.43 bits per heavy atom. The lowest BCUT2D eigenvalue weighted by molar-refractivity contribution is 0.0619. The molecule has 14 heavy (non-hydrogen) atoms. The van der Waals surface area contributed by atoms with Gasteiger partial charge in [0.05, 0.1) is 13.2 Å². The molecular weight excluding hydrogens is 196 g/mol. The van der Waals surface area contributed by atoms with Crippen LogP contribution >= 0.6 is 11.8 Å². The number of rotatable bonds is 5. The highest BCUT2D eigenvalue weighted by Crippen LogP contribution is 2.05. The minimum absolute atomic E-state index is 0.512. The lowest BCUT2D eigenvalue weighted by atomic mass is 10.2. The van der Waals surface area contributed by atoms with Gasteiger partial charge in [-0.25, -0.2) is 0 Å². The SMILES string of the molecule is CSCC(C)N(C)CC1COCCN1. The average Bonchev–Trinajstić information content (AvgIpc) is 2.19. The molecule has 3 nitrogen and oxygen atoms in total. The summed E-state index contributed by atoms with van der Waals surface area (Å²) in [4.78, 5) is 2.41. The van der Waals surface area contributed by atoms with E-state index in [2.05, 4.69) is 30.4 Å². The van der Waals surface area contributed by atoms with Crippen molar-refractivity contribution in [2.24, 2.45) is 0 Å². The van der Waals surface area contributed by atoms with Crippen LogP contribution < -0.4 is 5.32 Å². The zero-order valence-electron chi connectivity index (χ0n) is 9.45. The van der Waals surface area contributed by atoms with Gasteiger partial charge in [-0.3, -0.25) is 0 Å². The smallest absolute Gasteiger partial charge is 0.0632 e. The van der Waals surface area contributed by atoms with E-state index in [9.17, 15) is 0 Å². The molecule has 0 amide bonds. The fraction of sp³-hybridized carbons (Fsp3) is 1.00. The van der Waals surface area contributed by atoms with Crippen molar-refractivity contribution in [3.8, 4) is 0 Å². The van der Waals surface area contributed by atoms with Gasteiger partial charge >= 0.3 is 0 Å². The van der Waals surface area contributed by atoms with E-state index < -0.39 is 0 Å². The summed E-state index contributed by atoms with van der Waals surface area (Å²) in [5.74, 6) is 1.20. The average molecular weight is 218 g/mol. The molecule has 0 aromatic rings. The van der Waals surface area contributed by atoms with Crippen molar-refractivity contribution in [3.05, 3.63) is 0 Å². The van der Waals surface area contributed by atoms with Crippen LogP contribution in [0.2, 0.25) is 0 Å². The van der Waals surface area contributed by atoms with Crippen molar-refractivity contribution in [1.29, 1.82) is 0 Å². The number of nitrogens with one attached hydrogen (secondary N) is 1. The summed E-state index contributed by atoms with van der Waals surface area (Å²) in [5, 5.41) is 3.47. The summed E-state index contributed by atoms with van der Waals surface area (Å²) in [6.45, 7) is 6.08.